The normalized spacial score (nSPS) is 22.7. The van der Waals surface area contributed by atoms with E-state index in [1.165, 1.54) is 6.42 Å². The summed E-state index contributed by atoms with van der Waals surface area (Å²) in [4.78, 5) is 28.2. The number of hydrogen-bond donors (Lipinski definition) is 1. The second-order valence-corrected chi connectivity index (χ2v) is 10.8. The van der Waals surface area contributed by atoms with Crippen molar-refractivity contribution in [2.45, 2.75) is 69.8 Å². The summed E-state index contributed by atoms with van der Waals surface area (Å²) in [6, 6.07) is 9.83. The zero-order valence-electron chi connectivity index (χ0n) is 21.1. The lowest BCUT2D eigenvalue weighted by Gasteiger charge is -2.36. The molecule has 2 heterocycles. The van der Waals surface area contributed by atoms with Crippen molar-refractivity contribution in [3.8, 4) is 11.5 Å². The molecule has 2 atom stereocenters. The Morgan fingerprint density at radius 2 is 1.81 bits per heavy atom. The zero-order valence-corrected chi connectivity index (χ0v) is 21.9. The number of ether oxygens (including phenoxy) is 3. The van der Waals surface area contributed by atoms with Crippen molar-refractivity contribution < 1.29 is 23.8 Å². The van der Waals surface area contributed by atoms with E-state index < -0.39 is 5.92 Å². The first-order valence-electron chi connectivity index (χ1n) is 12.7. The van der Waals surface area contributed by atoms with Gasteiger partial charge in [0, 0.05) is 28.3 Å². The summed E-state index contributed by atoms with van der Waals surface area (Å²) >= 11 is 1.58. The highest BCUT2D eigenvalue weighted by atomic mass is 32.1. The number of ketones is 1. The van der Waals surface area contributed by atoms with E-state index in [-0.39, 0.29) is 23.8 Å². The summed E-state index contributed by atoms with van der Waals surface area (Å²) < 4.78 is 16.9. The molecule has 2 aromatic rings. The zero-order chi connectivity index (χ0) is 25.2. The van der Waals surface area contributed by atoms with Crippen LogP contribution in [0.2, 0.25) is 0 Å². The Kier molecular flexibility index (Phi) is 7.19. The minimum atomic E-state index is -0.392. The lowest BCUT2D eigenvalue weighted by Crippen LogP contribution is -2.36. The summed E-state index contributed by atoms with van der Waals surface area (Å²) in [7, 11) is 3.23. The van der Waals surface area contributed by atoms with Crippen LogP contribution in [0.3, 0.4) is 0 Å². The van der Waals surface area contributed by atoms with Gasteiger partial charge < -0.3 is 19.5 Å². The minimum absolute atomic E-state index is 0.0103. The maximum absolute atomic E-state index is 13.7. The van der Waals surface area contributed by atoms with Crippen LogP contribution in [0.4, 0.5) is 0 Å². The van der Waals surface area contributed by atoms with Gasteiger partial charge in [0.2, 0.25) is 0 Å². The van der Waals surface area contributed by atoms with Gasteiger partial charge in [0.05, 0.1) is 25.7 Å². The molecule has 6 nitrogen and oxygen atoms in total. The van der Waals surface area contributed by atoms with Crippen molar-refractivity contribution in [3.63, 3.8) is 0 Å². The number of hydrogen-bond acceptors (Lipinski definition) is 7. The number of esters is 1. The molecule has 2 unspecified atom stereocenters. The number of methoxy groups -OCH3 is 2. The number of rotatable bonds is 6. The van der Waals surface area contributed by atoms with E-state index in [1.54, 1.807) is 25.6 Å². The van der Waals surface area contributed by atoms with Crippen LogP contribution < -0.4 is 14.8 Å². The standard InChI is InChI=1S/C29H33NO5S/c1-17-26(29(32)35-20-8-5-4-6-9-20)28(25-10-7-13-36-25)27-21(30-17)14-19(15-22(27)31)18-11-12-23(33-2)24(16-18)34-3/h7,10-13,16,19-20,28,30H,4-6,8-9,14-15H2,1-3H3. The predicted octanol–water partition coefficient (Wildman–Crippen LogP) is 6.00. The van der Waals surface area contributed by atoms with Gasteiger partial charge in [-0.3, -0.25) is 4.79 Å². The first kappa shape index (κ1) is 24.6. The van der Waals surface area contributed by atoms with E-state index in [0.717, 1.165) is 47.5 Å². The lowest BCUT2D eigenvalue weighted by atomic mass is 9.73. The molecule has 0 radical (unpaired) electrons. The third-order valence-corrected chi connectivity index (χ3v) is 8.52. The number of benzene rings is 1. The highest BCUT2D eigenvalue weighted by Crippen LogP contribution is 2.47. The van der Waals surface area contributed by atoms with Crippen LogP contribution in [0.25, 0.3) is 0 Å². The topological polar surface area (TPSA) is 73.9 Å². The average Bonchev–Trinajstić information content (AvgIpc) is 3.42. The predicted molar refractivity (Wildman–Crippen MR) is 139 cm³/mol. The monoisotopic (exact) mass is 507 g/mol. The van der Waals surface area contributed by atoms with Crippen molar-refractivity contribution in [2.24, 2.45) is 0 Å². The second-order valence-electron chi connectivity index (χ2n) is 9.81. The van der Waals surface area contributed by atoms with Gasteiger partial charge in [0.1, 0.15) is 6.10 Å². The Labute approximate surface area is 216 Å². The SMILES string of the molecule is COc1ccc(C2CC(=O)C3=C(C2)NC(C)=C(C(=O)OC2CCCCC2)C3c2cccs2)cc1OC. The average molecular weight is 508 g/mol. The van der Waals surface area contributed by atoms with E-state index in [1.807, 2.05) is 42.6 Å². The molecule has 2 aliphatic carbocycles. The summed E-state index contributed by atoms with van der Waals surface area (Å²) in [6.45, 7) is 1.92. The quantitative estimate of drug-likeness (QED) is 0.483. The Hall–Kier alpha value is -3.06. The second kappa shape index (κ2) is 10.5. The van der Waals surface area contributed by atoms with Gasteiger partial charge in [0.15, 0.2) is 17.3 Å². The molecule has 1 saturated carbocycles. The Bertz CT molecular complexity index is 1210. The number of carbonyl (C=O) groups excluding carboxylic acids is 2. The van der Waals surface area contributed by atoms with E-state index in [9.17, 15) is 9.59 Å². The van der Waals surface area contributed by atoms with E-state index >= 15 is 0 Å². The third kappa shape index (κ3) is 4.69. The molecule has 0 amide bonds. The molecule has 5 rings (SSSR count). The van der Waals surface area contributed by atoms with Gasteiger partial charge in [-0.15, -0.1) is 11.3 Å². The third-order valence-electron chi connectivity index (χ3n) is 7.58. The molecule has 7 heteroatoms. The lowest BCUT2D eigenvalue weighted by molar-refractivity contribution is -0.146. The summed E-state index contributed by atoms with van der Waals surface area (Å²) in [6.07, 6.45) is 6.22. The van der Waals surface area contributed by atoms with Gasteiger partial charge in [-0.05, 0) is 74.1 Å². The maximum Gasteiger partial charge on any atom is 0.337 e. The van der Waals surface area contributed by atoms with Crippen LogP contribution in [0.15, 0.2) is 58.3 Å². The van der Waals surface area contributed by atoms with Crippen molar-refractivity contribution >= 4 is 23.1 Å². The molecule has 1 fully saturated rings. The highest BCUT2D eigenvalue weighted by molar-refractivity contribution is 7.10. The van der Waals surface area contributed by atoms with Crippen LogP contribution in [0, 0.1) is 0 Å². The fourth-order valence-corrected chi connectivity index (χ4v) is 6.63. The first-order chi connectivity index (χ1) is 17.5. The summed E-state index contributed by atoms with van der Waals surface area (Å²) in [5, 5.41) is 5.44. The number of thiophene rings is 1. The molecule has 0 bridgehead atoms. The molecular weight excluding hydrogens is 474 g/mol. The van der Waals surface area contributed by atoms with E-state index in [0.29, 0.717) is 35.5 Å². The molecule has 1 N–H and O–H groups in total. The van der Waals surface area contributed by atoms with Crippen LogP contribution in [-0.2, 0) is 14.3 Å². The molecule has 0 saturated heterocycles. The molecule has 1 aromatic heterocycles. The number of nitrogens with one attached hydrogen (secondary N) is 1. The molecule has 1 aromatic carbocycles. The number of dihydropyridines is 1. The minimum Gasteiger partial charge on any atom is -0.493 e. The van der Waals surface area contributed by atoms with Crippen molar-refractivity contribution in [2.75, 3.05) is 14.2 Å². The van der Waals surface area contributed by atoms with Gasteiger partial charge in [0.25, 0.3) is 0 Å². The fourth-order valence-electron chi connectivity index (χ4n) is 5.79. The molecule has 36 heavy (non-hydrogen) atoms. The largest absolute Gasteiger partial charge is 0.493 e. The maximum atomic E-state index is 13.7. The Morgan fingerprint density at radius 3 is 2.50 bits per heavy atom. The summed E-state index contributed by atoms with van der Waals surface area (Å²) in [5.41, 5.74) is 3.98. The number of carbonyl (C=O) groups is 2. The van der Waals surface area contributed by atoms with Crippen LogP contribution >= 0.6 is 11.3 Å². The van der Waals surface area contributed by atoms with Crippen LogP contribution in [-0.4, -0.2) is 32.1 Å². The smallest absolute Gasteiger partial charge is 0.337 e. The Morgan fingerprint density at radius 1 is 1.03 bits per heavy atom. The van der Waals surface area contributed by atoms with Gasteiger partial charge in [-0.1, -0.05) is 18.6 Å². The fraction of sp³-hybridized carbons (Fsp3) is 0.448. The number of allylic oxidation sites excluding steroid dienone is 3. The van der Waals surface area contributed by atoms with Crippen molar-refractivity contribution in [1.29, 1.82) is 0 Å². The summed E-state index contributed by atoms with van der Waals surface area (Å²) in [5.74, 6) is 0.701. The molecule has 1 aliphatic heterocycles. The highest BCUT2D eigenvalue weighted by Gasteiger charge is 2.42. The molecule has 3 aliphatic rings. The van der Waals surface area contributed by atoms with Crippen LogP contribution in [0.5, 0.6) is 11.5 Å². The Balaban J connectivity index is 1.47. The number of Topliss-reactive ketones (excluding diaryl/α,β-unsaturated/α-hetero) is 1. The van der Waals surface area contributed by atoms with Gasteiger partial charge >= 0.3 is 5.97 Å². The molecule has 190 valence electrons. The van der Waals surface area contributed by atoms with Crippen molar-refractivity contribution in [3.05, 3.63) is 68.7 Å². The van der Waals surface area contributed by atoms with Gasteiger partial charge in [-0.2, -0.15) is 0 Å². The van der Waals surface area contributed by atoms with Gasteiger partial charge in [-0.25, -0.2) is 4.79 Å². The van der Waals surface area contributed by atoms with Crippen LogP contribution in [0.1, 0.15) is 74.1 Å². The first-order valence-corrected chi connectivity index (χ1v) is 13.6. The molecular formula is C29H33NO5S. The van der Waals surface area contributed by atoms with E-state index in [2.05, 4.69) is 5.32 Å². The van der Waals surface area contributed by atoms with Crippen molar-refractivity contribution in [1.82, 2.24) is 5.32 Å². The molecule has 0 spiro atoms. The van der Waals surface area contributed by atoms with E-state index in [4.69, 9.17) is 14.2 Å².